The monoisotopic (exact) mass is 108 g/mol. The summed E-state index contributed by atoms with van der Waals surface area (Å²) in [4.78, 5) is 0. The fourth-order valence-corrected chi connectivity index (χ4v) is 0.517. The summed E-state index contributed by atoms with van der Waals surface area (Å²) in [7, 11) is 0. The van der Waals surface area contributed by atoms with Crippen LogP contribution in [-0.4, -0.2) is 11.8 Å². The predicted molar refractivity (Wildman–Crippen MR) is 30.5 cm³/mol. The number of allylic oxidation sites excluding steroid dienone is 2. The van der Waals surface area contributed by atoms with E-state index in [-0.39, 0.29) is 0 Å². The molecule has 0 saturated carbocycles. The van der Waals surface area contributed by atoms with E-state index in [9.17, 15) is 5.11 Å². The van der Waals surface area contributed by atoms with E-state index in [1.807, 2.05) is 0 Å². The lowest BCUT2D eigenvalue weighted by Gasteiger charge is -1.98. The first-order valence-corrected chi connectivity index (χ1v) is 2.40. The standard InChI is InChI=1S/C6H6NO/c7-5-1-3-6(8)4-2-5/h1-4,6-7H. The van der Waals surface area contributed by atoms with Crippen molar-refractivity contribution >= 4 is 5.71 Å². The maximum Gasteiger partial charge on any atom is 0.130 e. The summed E-state index contributed by atoms with van der Waals surface area (Å²) in [6.45, 7) is 0. The average Bonchev–Trinajstić information content (AvgIpc) is 1.77. The summed E-state index contributed by atoms with van der Waals surface area (Å²) in [6.07, 6.45) is 5.21. The molecule has 0 aromatic carbocycles. The Balaban J connectivity index is 2.68. The van der Waals surface area contributed by atoms with E-state index in [2.05, 4.69) is 0 Å². The molecule has 1 radical (unpaired) electrons. The van der Waals surface area contributed by atoms with Gasteiger partial charge in [-0.05, 0) is 24.3 Å². The predicted octanol–water partition coefficient (Wildman–Crippen LogP) is 0.931. The molecule has 0 heterocycles. The van der Waals surface area contributed by atoms with Gasteiger partial charge in [0.1, 0.15) is 6.10 Å². The van der Waals surface area contributed by atoms with E-state index >= 15 is 0 Å². The zero-order valence-corrected chi connectivity index (χ0v) is 4.29. The van der Waals surface area contributed by atoms with Crippen LogP contribution in [0.3, 0.4) is 0 Å². The summed E-state index contributed by atoms with van der Waals surface area (Å²) in [5.41, 5.74) is 0.400. The van der Waals surface area contributed by atoms with Crippen molar-refractivity contribution in [3.63, 3.8) is 0 Å². The van der Waals surface area contributed by atoms with Gasteiger partial charge in [-0.2, -0.15) is 0 Å². The minimum Gasteiger partial charge on any atom is -0.301 e. The Morgan fingerprint density at radius 1 is 1.38 bits per heavy atom. The second-order valence-corrected chi connectivity index (χ2v) is 1.64. The molecule has 1 aliphatic rings. The van der Waals surface area contributed by atoms with Crippen LogP contribution in [0.2, 0.25) is 0 Å². The highest BCUT2D eigenvalue weighted by Gasteiger charge is 1.98. The molecule has 1 aliphatic carbocycles. The van der Waals surface area contributed by atoms with Crippen molar-refractivity contribution in [2.45, 2.75) is 6.10 Å². The minimum atomic E-state index is -0.732. The zero-order valence-electron chi connectivity index (χ0n) is 4.29. The Morgan fingerprint density at radius 2 is 1.88 bits per heavy atom. The summed E-state index contributed by atoms with van der Waals surface area (Å²) in [6, 6.07) is 0. The lowest BCUT2D eigenvalue weighted by molar-refractivity contribution is 0.169. The molecular formula is C6H6NO. The van der Waals surface area contributed by atoms with Crippen LogP contribution in [0.5, 0.6) is 0 Å². The van der Waals surface area contributed by atoms with Crippen LogP contribution < -0.4 is 0 Å². The van der Waals surface area contributed by atoms with Gasteiger partial charge in [-0.1, -0.05) is 0 Å². The third-order valence-electron chi connectivity index (χ3n) is 0.931. The molecule has 2 heteroatoms. The second kappa shape index (κ2) is 1.92. The Hall–Kier alpha value is -0.890. The van der Waals surface area contributed by atoms with Gasteiger partial charge >= 0.3 is 0 Å². The normalized spacial score (nSPS) is 26.6. The van der Waals surface area contributed by atoms with Crippen LogP contribution in [0.15, 0.2) is 24.3 Å². The van der Waals surface area contributed by atoms with Gasteiger partial charge in [0.2, 0.25) is 0 Å². The molecule has 0 aromatic rings. The molecule has 0 spiro atoms. The van der Waals surface area contributed by atoms with Gasteiger partial charge in [0.25, 0.3) is 0 Å². The fourth-order valence-electron chi connectivity index (χ4n) is 0.517. The third-order valence-corrected chi connectivity index (χ3v) is 0.931. The SMILES string of the molecule is N=C1C=CC([O])C=C1. The molecule has 0 aliphatic heterocycles. The van der Waals surface area contributed by atoms with Crippen molar-refractivity contribution in [1.82, 2.24) is 0 Å². The Kier molecular flexibility index (Phi) is 1.26. The van der Waals surface area contributed by atoms with Crippen molar-refractivity contribution in [2.75, 3.05) is 0 Å². The van der Waals surface area contributed by atoms with E-state index < -0.39 is 6.10 Å². The van der Waals surface area contributed by atoms with Gasteiger partial charge in [-0.3, -0.25) is 0 Å². The van der Waals surface area contributed by atoms with Crippen LogP contribution in [0.25, 0.3) is 0 Å². The van der Waals surface area contributed by atoms with Crippen LogP contribution in [-0.2, 0) is 5.11 Å². The summed E-state index contributed by atoms with van der Waals surface area (Å²) < 4.78 is 0. The molecule has 1 rings (SSSR count). The topological polar surface area (TPSA) is 43.8 Å². The van der Waals surface area contributed by atoms with Crippen molar-refractivity contribution in [3.8, 4) is 0 Å². The summed E-state index contributed by atoms with van der Waals surface area (Å²) >= 11 is 0. The summed E-state index contributed by atoms with van der Waals surface area (Å²) in [5, 5.41) is 17.4. The fraction of sp³-hybridized carbons (Fsp3) is 0.167. The highest BCUT2D eigenvalue weighted by atomic mass is 16.3. The van der Waals surface area contributed by atoms with E-state index in [1.165, 1.54) is 24.3 Å². The lowest BCUT2D eigenvalue weighted by Crippen LogP contribution is -2.01. The van der Waals surface area contributed by atoms with Gasteiger partial charge in [0.15, 0.2) is 0 Å². The van der Waals surface area contributed by atoms with Crippen molar-refractivity contribution in [3.05, 3.63) is 24.3 Å². The maximum atomic E-state index is 10.4. The van der Waals surface area contributed by atoms with E-state index in [0.29, 0.717) is 5.71 Å². The maximum absolute atomic E-state index is 10.4. The van der Waals surface area contributed by atoms with E-state index in [0.717, 1.165) is 0 Å². The number of hydrogen-bond acceptors (Lipinski definition) is 1. The van der Waals surface area contributed by atoms with Gasteiger partial charge in [-0.15, -0.1) is 0 Å². The Labute approximate surface area is 47.7 Å². The van der Waals surface area contributed by atoms with Gasteiger partial charge < -0.3 is 5.41 Å². The Bertz CT molecular complexity index is 142. The quantitative estimate of drug-likeness (QED) is 0.479. The van der Waals surface area contributed by atoms with Gasteiger partial charge in [-0.25, -0.2) is 5.11 Å². The van der Waals surface area contributed by atoms with Crippen LogP contribution in [0.4, 0.5) is 0 Å². The van der Waals surface area contributed by atoms with Crippen molar-refractivity contribution < 1.29 is 5.11 Å². The highest BCUT2D eigenvalue weighted by Crippen LogP contribution is 1.97. The second-order valence-electron chi connectivity index (χ2n) is 1.64. The molecule has 0 bridgehead atoms. The van der Waals surface area contributed by atoms with Crippen LogP contribution >= 0.6 is 0 Å². The average molecular weight is 108 g/mol. The molecule has 0 aromatic heterocycles. The van der Waals surface area contributed by atoms with Crippen LogP contribution in [0, 0.1) is 5.41 Å². The molecule has 2 nitrogen and oxygen atoms in total. The first-order chi connectivity index (χ1) is 3.79. The third kappa shape index (κ3) is 1.04. The molecule has 8 heavy (non-hydrogen) atoms. The van der Waals surface area contributed by atoms with Crippen LogP contribution in [0.1, 0.15) is 0 Å². The lowest BCUT2D eigenvalue weighted by atomic mass is 10.1. The highest BCUT2D eigenvalue weighted by molar-refractivity contribution is 6.02. The zero-order chi connectivity index (χ0) is 5.98. The largest absolute Gasteiger partial charge is 0.301 e. The number of hydrogen-bond donors (Lipinski definition) is 1. The molecule has 0 atom stereocenters. The van der Waals surface area contributed by atoms with Crippen molar-refractivity contribution in [1.29, 1.82) is 5.41 Å². The molecular weight excluding hydrogens is 102 g/mol. The van der Waals surface area contributed by atoms with E-state index in [4.69, 9.17) is 5.41 Å². The smallest absolute Gasteiger partial charge is 0.130 e. The number of nitrogens with one attached hydrogen (secondary N) is 1. The van der Waals surface area contributed by atoms with E-state index in [1.54, 1.807) is 0 Å². The van der Waals surface area contributed by atoms with Gasteiger partial charge in [0, 0.05) is 0 Å². The molecule has 0 saturated heterocycles. The molecule has 0 amide bonds. The van der Waals surface area contributed by atoms with Gasteiger partial charge in [0.05, 0.1) is 5.71 Å². The first kappa shape index (κ1) is 5.25. The molecule has 0 unspecified atom stereocenters. The summed E-state index contributed by atoms with van der Waals surface area (Å²) in [5.74, 6) is 0. The Morgan fingerprint density at radius 3 is 2.25 bits per heavy atom. The van der Waals surface area contributed by atoms with Crippen molar-refractivity contribution in [2.24, 2.45) is 0 Å². The first-order valence-electron chi connectivity index (χ1n) is 2.40. The minimum absolute atomic E-state index is 0.400. The number of rotatable bonds is 0. The molecule has 0 fully saturated rings. The molecule has 1 N–H and O–H groups in total. The molecule has 41 valence electrons.